The Balaban J connectivity index is 1.55. The molecule has 0 bridgehead atoms. The number of fused-ring (bicyclic) bond motifs is 2. The van der Waals surface area contributed by atoms with Crippen molar-refractivity contribution in [1.82, 2.24) is 19.7 Å². The molecule has 152 valence electrons. The molecular weight excluding hydrogens is 360 g/mol. The highest BCUT2D eigenvalue weighted by atomic mass is 16.5. The second-order valence-electron chi connectivity index (χ2n) is 8.10. The summed E-state index contributed by atoms with van der Waals surface area (Å²) in [6.07, 6.45) is 0.462. The molecule has 4 rings (SSSR count). The zero-order valence-corrected chi connectivity index (χ0v) is 17.0. The maximum Gasteiger partial charge on any atom is 0.256 e. The van der Waals surface area contributed by atoms with Crippen LogP contribution in [0.1, 0.15) is 41.9 Å². The van der Waals surface area contributed by atoms with E-state index in [4.69, 9.17) is 9.47 Å². The third kappa shape index (κ3) is 3.24. The topological polar surface area (TPSA) is 75.2 Å². The molecule has 2 saturated heterocycles. The van der Waals surface area contributed by atoms with Crippen LogP contribution in [0.4, 0.5) is 0 Å². The first-order valence-corrected chi connectivity index (χ1v) is 9.86. The van der Waals surface area contributed by atoms with Crippen molar-refractivity contribution < 1.29 is 19.1 Å². The van der Waals surface area contributed by atoms with Gasteiger partial charge < -0.3 is 19.3 Å². The van der Waals surface area contributed by atoms with E-state index < -0.39 is 0 Å². The molecule has 0 spiro atoms. The van der Waals surface area contributed by atoms with Gasteiger partial charge in [0, 0.05) is 38.3 Å². The van der Waals surface area contributed by atoms with Crippen LogP contribution in [0, 0.1) is 0 Å². The van der Waals surface area contributed by atoms with Gasteiger partial charge in [0.2, 0.25) is 11.8 Å². The van der Waals surface area contributed by atoms with Gasteiger partial charge in [-0.15, -0.1) is 0 Å². The molecule has 8 nitrogen and oxygen atoms in total. The molecule has 2 fully saturated rings. The van der Waals surface area contributed by atoms with Gasteiger partial charge in [-0.25, -0.2) is 4.98 Å². The van der Waals surface area contributed by atoms with Gasteiger partial charge in [-0.1, -0.05) is 0 Å². The van der Waals surface area contributed by atoms with E-state index in [9.17, 15) is 9.59 Å². The summed E-state index contributed by atoms with van der Waals surface area (Å²) >= 11 is 0. The lowest BCUT2D eigenvalue weighted by molar-refractivity contribution is -0.131. The minimum absolute atomic E-state index is 0.0166. The van der Waals surface area contributed by atoms with Crippen molar-refractivity contribution in [3.8, 4) is 5.88 Å². The Morgan fingerprint density at radius 1 is 1.32 bits per heavy atom. The maximum absolute atomic E-state index is 12.7. The normalized spacial score (nSPS) is 25.3. The summed E-state index contributed by atoms with van der Waals surface area (Å²) in [6, 6.07) is 2.11. The van der Waals surface area contributed by atoms with Crippen LogP contribution in [0.2, 0.25) is 0 Å². The van der Waals surface area contributed by atoms with Crippen LogP contribution in [-0.4, -0.2) is 83.5 Å². The molecule has 3 aliphatic heterocycles. The third-order valence-electron chi connectivity index (χ3n) is 6.01. The van der Waals surface area contributed by atoms with Crippen LogP contribution in [0.15, 0.2) is 6.07 Å². The van der Waals surface area contributed by atoms with E-state index in [2.05, 4.69) is 9.88 Å². The molecule has 2 atom stereocenters. The highest BCUT2D eigenvalue weighted by Gasteiger charge is 2.40. The van der Waals surface area contributed by atoms with Gasteiger partial charge in [0.05, 0.1) is 50.1 Å². The van der Waals surface area contributed by atoms with Gasteiger partial charge in [0.1, 0.15) is 0 Å². The number of aromatic nitrogens is 1. The monoisotopic (exact) mass is 388 g/mol. The fraction of sp³-hybridized carbons (Fsp3) is 0.650. The van der Waals surface area contributed by atoms with Gasteiger partial charge in [0.25, 0.3) is 5.91 Å². The fourth-order valence-corrected chi connectivity index (χ4v) is 4.37. The standard InChI is InChI=1S/C20H28N4O4/c1-12(2)24-9-15-14(20(24)26)7-13(19(21-15)27-4)8-23-10-16-17(11-23)28-6-5-18(25)22(16)3/h7,12,16-17H,5-6,8-11H2,1-4H3/t16-,17-/m0/s1. The first-order chi connectivity index (χ1) is 13.4. The first kappa shape index (κ1) is 19.1. The van der Waals surface area contributed by atoms with E-state index in [1.165, 1.54) is 0 Å². The number of carbonyl (C=O) groups excluding carboxylic acids is 2. The largest absolute Gasteiger partial charge is 0.481 e. The molecule has 1 aromatic rings. The number of ether oxygens (including phenoxy) is 2. The minimum Gasteiger partial charge on any atom is -0.481 e. The average molecular weight is 388 g/mol. The maximum atomic E-state index is 12.7. The van der Waals surface area contributed by atoms with Crippen LogP contribution in [0.5, 0.6) is 5.88 Å². The van der Waals surface area contributed by atoms with Crippen LogP contribution in [0.3, 0.4) is 0 Å². The van der Waals surface area contributed by atoms with Crippen molar-refractivity contribution >= 4 is 11.8 Å². The highest BCUT2D eigenvalue weighted by Crippen LogP contribution is 2.30. The van der Waals surface area contributed by atoms with Crippen molar-refractivity contribution in [2.75, 3.05) is 33.9 Å². The lowest BCUT2D eigenvalue weighted by Crippen LogP contribution is -2.42. The Labute approximate surface area is 165 Å². The SMILES string of the molecule is COc1nc2c(cc1CN1C[C@@H]3OCCC(=O)N(C)[C@H]3C1)C(=O)N(C(C)C)C2. The van der Waals surface area contributed by atoms with Crippen LogP contribution in [0.25, 0.3) is 0 Å². The Bertz CT molecular complexity index is 797. The van der Waals surface area contributed by atoms with Gasteiger partial charge in [-0.2, -0.15) is 0 Å². The number of hydrogen-bond acceptors (Lipinski definition) is 6. The van der Waals surface area contributed by atoms with E-state index in [-0.39, 0.29) is 30.0 Å². The third-order valence-corrected chi connectivity index (χ3v) is 6.01. The van der Waals surface area contributed by atoms with E-state index in [0.717, 1.165) is 24.3 Å². The molecule has 0 aromatic carbocycles. The van der Waals surface area contributed by atoms with Crippen molar-refractivity contribution in [2.24, 2.45) is 0 Å². The molecule has 0 saturated carbocycles. The zero-order valence-electron chi connectivity index (χ0n) is 17.0. The quantitative estimate of drug-likeness (QED) is 0.763. The highest BCUT2D eigenvalue weighted by molar-refractivity contribution is 5.98. The molecule has 4 heterocycles. The number of pyridine rings is 1. The number of hydrogen-bond donors (Lipinski definition) is 0. The number of rotatable bonds is 4. The number of likely N-dealkylation sites (N-methyl/N-ethyl adjacent to an activating group) is 1. The van der Waals surface area contributed by atoms with Gasteiger partial charge >= 0.3 is 0 Å². The van der Waals surface area contributed by atoms with Crippen molar-refractivity contribution in [2.45, 2.75) is 51.5 Å². The van der Waals surface area contributed by atoms with Crippen molar-refractivity contribution in [1.29, 1.82) is 0 Å². The van der Waals surface area contributed by atoms with Gasteiger partial charge in [-0.3, -0.25) is 14.5 Å². The Kier molecular flexibility index (Phi) is 5.01. The molecule has 0 radical (unpaired) electrons. The van der Waals surface area contributed by atoms with Gasteiger partial charge in [-0.05, 0) is 19.9 Å². The summed E-state index contributed by atoms with van der Waals surface area (Å²) < 4.78 is 11.4. The summed E-state index contributed by atoms with van der Waals surface area (Å²) in [5, 5.41) is 0. The molecule has 0 aliphatic carbocycles. The smallest absolute Gasteiger partial charge is 0.256 e. The van der Waals surface area contributed by atoms with Gasteiger partial charge in [0.15, 0.2) is 0 Å². The van der Waals surface area contributed by atoms with Crippen molar-refractivity contribution in [3.05, 3.63) is 22.9 Å². The predicted octanol–water partition coefficient (Wildman–Crippen LogP) is 0.886. The Hall–Kier alpha value is -2.19. The van der Waals surface area contributed by atoms with E-state index >= 15 is 0 Å². The predicted molar refractivity (Wildman–Crippen MR) is 102 cm³/mol. The summed E-state index contributed by atoms with van der Waals surface area (Å²) in [6.45, 7) is 7.10. The number of methoxy groups -OCH3 is 1. The number of carbonyl (C=O) groups is 2. The Morgan fingerprint density at radius 2 is 2.11 bits per heavy atom. The summed E-state index contributed by atoms with van der Waals surface area (Å²) in [5.41, 5.74) is 2.34. The molecule has 1 aromatic heterocycles. The van der Waals surface area contributed by atoms with Crippen LogP contribution < -0.4 is 4.74 Å². The van der Waals surface area contributed by atoms with E-state index in [1.807, 2.05) is 36.8 Å². The minimum atomic E-state index is 0.0166. The number of nitrogens with zero attached hydrogens (tertiary/aromatic N) is 4. The molecule has 3 aliphatic rings. The van der Waals surface area contributed by atoms with Crippen LogP contribution >= 0.6 is 0 Å². The van der Waals surface area contributed by atoms with Crippen LogP contribution in [-0.2, 0) is 22.6 Å². The zero-order chi connectivity index (χ0) is 20.0. The average Bonchev–Trinajstić information content (AvgIpc) is 3.18. The lowest BCUT2D eigenvalue weighted by Gasteiger charge is -2.25. The van der Waals surface area contributed by atoms with Crippen molar-refractivity contribution in [3.63, 3.8) is 0 Å². The summed E-state index contributed by atoms with van der Waals surface area (Å²) in [7, 11) is 3.47. The molecule has 0 N–H and O–H groups in total. The fourth-order valence-electron chi connectivity index (χ4n) is 4.37. The number of likely N-dealkylation sites (tertiary alicyclic amines) is 1. The molecule has 2 amide bonds. The number of amides is 2. The Morgan fingerprint density at radius 3 is 2.82 bits per heavy atom. The second kappa shape index (κ2) is 7.33. The molecular formula is C20H28N4O4. The summed E-state index contributed by atoms with van der Waals surface area (Å²) in [4.78, 5) is 35.4. The first-order valence-electron chi connectivity index (χ1n) is 9.86. The molecule has 0 unspecified atom stereocenters. The second-order valence-corrected chi connectivity index (χ2v) is 8.10. The van der Waals surface area contributed by atoms with E-state index in [0.29, 0.717) is 37.6 Å². The summed E-state index contributed by atoms with van der Waals surface area (Å²) in [5.74, 6) is 0.724. The lowest BCUT2D eigenvalue weighted by atomic mass is 10.1. The van der Waals surface area contributed by atoms with E-state index in [1.54, 1.807) is 7.11 Å². The molecule has 28 heavy (non-hydrogen) atoms. The molecule has 8 heteroatoms.